The molecule has 1 saturated heterocycles. The number of ether oxygens (including phenoxy) is 1. The van der Waals surface area contributed by atoms with Crippen LogP contribution in [0.4, 0.5) is 4.39 Å². The number of hydrogen-bond donors (Lipinski definition) is 3. The Morgan fingerprint density at radius 3 is 2.18 bits per heavy atom. The molecule has 1 aliphatic rings. The fourth-order valence-corrected chi connectivity index (χ4v) is 2.84. The van der Waals surface area contributed by atoms with E-state index in [4.69, 9.17) is 14.9 Å². The molecule has 0 aromatic heterocycles. The molecule has 2 aromatic carbocycles. The van der Waals surface area contributed by atoms with Gasteiger partial charge in [0, 0.05) is 24.6 Å². The molecule has 148 valence electrons. The van der Waals surface area contributed by atoms with E-state index in [-0.39, 0.29) is 11.9 Å². The zero-order chi connectivity index (χ0) is 20.4. The molecule has 1 aliphatic heterocycles. The van der Waals surface area contributed by atoms with Gasteiger partial charge in [-0.1, -0.05) is 30.3 Å². The largest absolute Gasteiger partial charge is 0.490 e. The minimum absolute atomic E-state index is 0.129. The lowest BCUT2D eigenvalue weighted by atomic mass is 9.89. The van der Waals surface area contributed by atoms with Crippen molar-refractivity contribution in [3.05, 3.63) is 78.1 Å². The number of piperidine rings is 1. The third-order valence-corrected chi connectivity index (χ3v) is 4.12. The highest BCUT2D eigenvalue weighted by atomic mass is 19.1. The first-order valence-electron chi connectivity index (χ1n) is 8.77. The van der Waals surface area contributed by atoms with Crippen molar-refractivity contribution in [2.75, 3.05) is 13.1 Å². The summed E-state index contributed by atoms with van der Waals surface area (Å²) in [6.07, 6.45) is 2.20. The van der Waals surface area contributed by atoms with Crippen LogP contribution in [0, 0.1) is 5.82 Å². The third-order valence-electron chi connectivity index (χ3n) is 4.12. The van der Waals surface area contributed by atoms with Crippen molar-refractivity contribution in [1.82, 2.24) is 5.32 Å². The third kappa shape index (κ3) is 7.20. The second kappa shape index (κ2) is 10.8. The lowest BCUT2D eigenvalue weighted by Gasteiger charge is -2.32. The van der Waals surface area contributed by atoms with Gasteiger partial charge in [-0.15, -0.1) is 0 Å². The summed E-state index contributed by atoms with van der Waals surface area (Å²) in [5, 5.41) is 19.0. The molecule has 0 unspecified atom stereocenters. The number of halogens is 1. The van der Waals surface area contributed by atoms with Gasteiger partial charge >= 0.3 is 11.9 Å². The zero-order valence-electron chi connectivity index (χ0n) is 15.1. The minimum atomic E-state index is -1.26. The van der Waals surface area contributed by atoms with E-state index in [0.717, 1.165) is 25.3 Å². The second-order valence-corrected chi connectivity index (χ2v) is 6.13. The van der Waals surface area contributed by atoms with Gasteiger partial charge in [-0.3, -0.25) is 0 Å². The molecule has 6 nitrogen and oxygen atoms in total. The molecular formula is C21H22FNO5. The SMILES string of the molecule is Fc1ccc(O[C@@H]2CCNC[C@H]2c2ccccc2)cc1.O=C(O)C=CC(=O)O. The average Bonchev–Trinajstić information content (AvgIpc) is 2.70. The van der Waals surface area contributed by atoms with Crippen molar-refractivity contribution in [2.24, 2.45) is 0 Å². The summed E-state index contributed by atoms with van der Waals surface area (Å²) in [5.41, 5.74) is 1.28. The van der Waals surface area contributed by atoms with E-state index in [1.165, 1.54) is 17.7 Å². The van der Waals surface area contributed by atoms with Gasteiger partial charge in [-0.05, 0) is 42.8 Å². The van der Waals surface area contributed by atoms with Crippen LogP contribution in [-0.2, 0) is 9.59 Å². The van der Waals surface area contributed by atoms with Gasteiger partial charge in [-0.2, -0.15) is 0 Å². The lowest BCUT2D eigenvalue weighted by molar-refractivity contribution is -0.134. The molecule has 2 atom stereocenters. The number of rotatable bonds is 5. The maximum Gasteiger partial charge on any atom is 0.328 e. The van der Waals surface area contributed by atoms with Crippen LogP contribution in [0.25, 0.3) is 0 Å². The van der Waals surface area contributed by atoms with Crippen LogP contribution < -0.4 is 10.1 Å². The van der Waals surface area contributed by atoms with Crippen LogP contribution in [-0.4, -0.2) is 41.3 Å². The smallest absolute Gasteiger partial charge is 0.328 e. The maximum absolute atomic E-state index is 12.9. The quantitative estimate of drug-likeness (QED) is 0.683. The molecule has 1 fully saturated rings. The molecule has 0 bridgehead atoms. The Kier molecular flexibility index (Phi) is 8.17. The minimum Gasteiger partial charge on any atom is -0.490 e. The van der Waals surface area contributed by atoms with Crippen molar-refractivity contribution in [3.8, 4) is 5.75 Å². The van der Waals surface area contributed by atoms with Gasteiger partial charge < -0.3 is 20.3 Å². The molecule has 1 heterocycles. The summed E-state index contributed by atoms with van der Waals surface area (Å²) in [7, 11) is 0. The maximum atomic E-state index is 12.9. The topological polar surface area (TPSA) is 95.9 Å². The van der Waals surface area contributed by atoms with Crippen LogP contribution in [0.3, 0.4) is 0 Å². The summed E-state index contributed by atoms with van der Waals surface area (Å²) in [6.45, 7) is 1.87. The van der Waals surface area contributed by atoms with E-state index in [9.17, 15) is 14.0 Å². The van der Waals surface area contributed by atoms with E-state index in [1.807, 2.05) is 6.07 Å². The fourth-order valence-electron chi connectivity index (χ4n) is 2.84. The number of carbonyl (C=O) groups is 2. The second-order valence-electron chi connectivity index (χ2n) is 6.13. The fraction of sp³-hybridized carbons (Fsp3) is 0.238. The van der Waals surface area contributed by atoms with Gasteiger partial charge in [0.1, 0.15) is 17.7 Å². The molecule has 3 rings (SSSR count). The standard InChI is InChI=1S/C17H18FNO.C4H4O4/c18-14-6-8-15(9-7-14)20-17-10-11-19-12-16(17)13-4-2-1-3-5-13;5-3(6)1-2-4(7)8/h1-9,16-17,19H,10-12H2;1-2H,(H,5,6)(H,7,8)/t16-,17+;/m0./s1. The predicted molar refractivity (Wildman–Crippen MR) is 102 cm³/mol. The number of nitrogens with one attached hydrogen (secondary N) is 1. The summed E-state index contributed by atoms with van der Waals surface area (Å²) in [4.78, 5) is 19.1. The summed E-state index contributed by atoms with van der Waals surface area (Å²) < 4.78 is 19.0. The first-order chi connectivity index (χ1) is 13.5. The van der Waals surface area contributed by atoms with Gasteiger partial charge in [-0.25, -0.2) is 14.0 Å². The normalized spacial score (nSPS) is 18.8. The highest BCUT2D eigenvalue weighted by Crippen LogP contribution is 2.27. The van der Waals surface area contributed by atoms with E-state index in [2.05, 4.69) is 29.6 Å². The molecule has 0 aliphatic carbocycles. The molecule has 7 heteroatoms. The molecule has 0 spiro atoms. The van der Waals surface area contributed by atoms with E-state index < -0.39 is 11.9 Å². The van der Waals surface area contributed by atoms with Gasteiger partial charge in [0.05, 0.1) is 0 Å². The highest BCUT2D eigenvalue weighted by Gasteiger charge is 2.27. The number of hydrogen-bond acceptors (Lipinski definition) is 4. The Morgan fingerprint density at radius 2 is 1.61 bits per heavy atom. The summed E-state index contributed by atoms with van der Waals surface area (Å²) >= 11 is 0. The van der Waals surface area contributed by atoms with Crippen LogP contribution >= 0.6 is 0 Å². The number of benzene rings is 2. The molecular weight excluding hydrogens is 365 g/mol. The Hall–Kier alpha value is -3.19. The van der Waals surface area contributed by atoms with Crippen molar-refractivity contribution in [1.29, 1.82) is 0 Å². The van der Waals surface area contributed by atoms with E-state index in [0.29, 0.717) is 18.1 Å². The molecule has 0 radical (unpaired) electrons. The molecule has 3 N–H and O–H groups in total. The van der Waals surface area contributed by atoms with Crippen molar-refractivity contribution in [3.63, 3.8) is 0 Å². The van der Waals surface area contributed by atoms with E-state index in [1.54, 1.807) is 12.1 Å². The summed E-state index contributed by atoms with van der Waals surface area (Å²) in [5.74, 6) is -1.68. The van der Waals surface area contributed by atoms with Gasteiger partial charge in [0.25, 0.3) is 0 Å². The Balaban J connectivity index is 0.000000300. The zero-order valence-corrected chi connectivity index (χ0v) is 15.1. The van der Waals surface area contributed by atoms with Gasteiger partial charge in [0.15, 0.2) is 0 Å². The summed E-state index contributed by atoms with van der Waals surface area (Å²) in [6, 6.07) is 16.7. The molecule has 0 amide bonds. The number of aliphatic carboxylic acids is 2. The average molecular weight is 387 g/mol. The van der Waals surface area contributed by atoms with Crippen molar-refractivity contribution in [2.45, 2.75) is 18.4 Å². The van der Waals surface area contributed by atoms with Crippen molar-refractivity contribution >= 4 is 11.9 Å². The first-order valence-corrected chi connectivity index (χ1v) is 8.77. The first kappa shape index (κ1) is 21.1. The van der Waals surface area contributed by atoms with Crippen LogP contribution in [0.5, 0.6) is 5.75 Å². The predicted octanol–water partition coefficient (Wildman–Crippen LogP) is 3.06. The molecule has 0 saturated carbocycles. The monoisotopic (exact) mass is 387 g/mol. The number of carboxylic acids is 2. The highest BCUT2D eigenvalue weighted by molar-refractivity contribution is 5.89. The Bertz CT molecular complexity index is 776. The van der Waals surface area contributed by atoms with Crippen LogP contribution in [0.2, 0.25) is 0 Å². The van der Waals surface area contributed by atoms with Gasteiger partial charge in [0.2, 0.25) is 0 Å². The van der Waals surface area contributed by atoms with Crippen molar-refractivity contribution < 1.29 is 28.9 Å². The molecule has 2 aromatic rings. The Morgan fingerprint density at radius 1 is 1.00 bits per heavy atom. The lowest BCUT2D eigenvalue weighted by Crippen LogP contribution is -2.41. The number of carboxylic acid groups (broad SMARTS) is 2. The van der Waals surface area contributed by atoms with E-state index >= 15 is 0 Å². The van der Waals surface area contributed by atoms with Crippen LogP contribution in [0.15, 0.2) is 66.7 Å². The Labute approximate surface area is 162 Å². The van der Waals surface area contributed by atoms with Crippen LogP contribution in [0.1, 0.15) is 17.9 Å². The molecule has 28 heavy (non-hydrogen) atoms.